The average molecular weight is 390 g/mol. The molecular weight excluding hydrogens is 350 g/mol. The molecule has 28 heavy (non-hydrogen) atoms. The fourth-order valence-corrected chi connectivity index (χ4v) is 3.72. The number of benzene rings is 1. The number of nitrogens with zero attached hydrogens (tertiary/aromatic N) is 3. The molecule has 1 aromatic carbocycles. The van der Waals surface area contributed by atoms with Crippen LogP contribution in [0.25, 0.3) is 0 Å². The third-order valence-corrected chi connectivity index (χ3v) is 5.34. The second kappa shape index (κ2) is 11.9. The molecule has 0 aliphatic carbocycles. The summed E-state index contributed by atoms with van der Waals surface area (Å²) in [4.78, 5) is 9.69. The molecular formula is C22H39N5O. The Labute approximate surface area is 171 Å². The van der Waals surface area contributed by atoms with E-state index in [0.29, 0.717) is 12.6 Å². The van der Waals surface area contributed by atoms with Gasteiger partial charge in [0.25, 0.3) is 0 Å². The molecule has 0 amide bonds. The zero-order valence-electron chi connectivity index (χ0n) is 18.4. The summed E-state index contributed by atoms with van der Waals surface area (Å²) in [6, 6.07) is 8.98. The monoisotopic (exact) mass is 389 g/mol. The number of likely N-dealkylation sites (tertiary alicyclic amines) is 1. The summed E-state index contributed by atoms with van der Waals surface area (Å²) in [6.07, 6.45) is 3.59. The van der Waals surface area contributed by atoms with E-state index in [1.807, 2.05) is 12.1 Å². The van der Waals surface area contributed by atoms with Crippen molar-refractivity contribution in [2.45, 2.75) is 45.2 Å². The molecule has 0 spiro atoms. The Hall–Kier alpha value is -1.79. The quantitative estimate of drug-likeness (QED) is 0.502. The molecule has 1 unspecified atom stereocenters. The van der Waals surface area contributed by atoms with Crippen LogP contribution in [0.5, 0.6) is 5.75 Å². The Morgan fingerprint density at radius 3 is 2.64 bits per heavy atom. The van der Waals surface area contributed by atoms with Crippen molar-refractivity contribution in [2.24, 2.45) is 4.99 Å². The number of piperidine rings is 1. The Morgan fingerprint density at radius 2 is 2.04 bits per heavy atom. The molecule has 1 aliphatic heterocycles. The highest BCUT2D eigenvalue weighted by atomic mass is 16.5. The zero-order chi connectivity index (χ0) is 20.4. The van der Waals surface area contributed by atoms with E-state index in [-0.39, 0.29) is 6.04 Å². The third kappa shape index (κ3) is 6.99. The van der Waals surface area contributed by atoms with Gasteiger partial charge in [-0.2, -0.15) is 0 Å². The molecule has 0 aromatic heterocycles. The number of likely N-dealkylation sites (N-methyl/N-ethyl adjacent to an activating group) is 1. The fraction of sp³-hybridized carbons (Fsp3) is 0.682. The van der Waals surface area contributed by atoms with Crippen LogP contribution < -0.4 is 15.4 Å². The van der Waals surface area contributed by atoms with Gasteiger partial charge in [-0.1, -0.05) is 19.1 Å². The van der Waals surface area contributed by atoms with Gasteiger partial charge in [0.1, 0.15) is 5.75 Å². The van der Waals surface area contributed by atoms with Gasteiger partial charge in [-0.05, 0) is 64.5 Å². The minimum atomic E-state index is 0.206. The molecule has 1 heterocycles. The van der Waals surface area contributed by atoms with Gasteiger partial charge in [0.15, 0.2) is 5.96 Å². The van der Waals surface area contributed by atoms with E-state index in [2.05, 4.69) is 60.5 Å². The maximum Gasteiger partial charge on any atom is 0.191 e. The maximum atomic E-state index is 5.39. The molecule has 1 aromatic rings. The van der Waals surface area contributed by atoms with Crippen LogP contribution in [0.3, 0.4) is 0 Å². The van der Waals surface area contributed by atoms with Crippen LogP contribution in [0.1, 0.15) is 44.7 Å². The van der Waals surface area contributed by atoms with E-state index < -0.39 is 0 Å². The van der Waals surface area contributed by atoms with Crippen LogP contribution in [0.15, 0.2) is 29.3 Å². The summed E-state index contributed by atoms with van der Waals surface area (Å²) in [5, 5.41) is 7.07. The molecule has 2 rings (SSSR count). The molecule has 2 N–H and O–H groups in total. The molecule has 0 bridgehead atoms. The maximum absolute atomic E-state index is 5.39. The van der Waals surface area contributed by atoms with E-state index in [1.165, 1.54) is 44.5 Å². The zero-order valence-corrected chi connectivity index (χ0v) is 18.4. The molecule has 6 heteroatoms. The predicted molar refractivity (Wildman–Crippen MR) is 118 cm³/mol. The molecule has 1 atom stereocenters. The van der Waals surface area contributed by atoms with Gasteiger partial charge in [0.05, 0.1) is 19.7 Å². The minimum Gasteiger partial charge on any atom is -0.497 e. The summed E-state index contributed by atoms with van der Waals surface area (Å²) in [7, 11) is 5.91. The lowest BCUT2D eigenvalue weighted by Crippen LogP contribution is -2.49. The first kappa shape index (κ1) is 22.5. The van der Waals surface area contributed by atoms with Gasteiger partial charge in [-0.15, -0.1) is 0 Å². The van der Waals surface area contributed by atoms with Crippen molar-refractivity contribution in [3.8, 4) is 5.75 Å². The summed E-state index contributed by atoms with van der Waals surface area (Å²) in [6.45, 7) is 9.50. The van der Waals surface area contributed by atoms with E-state index in [4.69, 9.17) is 9.73 Å². The van der Waals surface area contributed by atoms with Gasteiger partial charge in [-0.25, -0.2) is 0 Å². The van der Waals surface area contributed by atoms with Gasteiger partial charge in [0.2, 0.25) is 0 Å². The second-order valence-electron chi connectivity index (χ2n) is 7.74. The van der Waals surface area contributed by atoms with E-state index >= 15 is 0 Å². The Morgan fingerprint density at radius 1 is 1.29 bits per heavy atom. The number of rotatable bonds is 9. The van der Waals surface area contributed by atoms with Crippen molar-refractivity contribution >= 4 is 5.96 Å². The molecule has 1 fully saturated rings. The molecule has 0 saturated carbocycles. The highest BCUT2D eigenvalue weighted by molar-refractivity contribution is 5.80. The highest BCUT2D eigenvalue weighted by Crippen LogP contribution is 2.23. The Bertz CT molecular complexity index is 596. The van der Waals surface area contributed by atoms with Gasteiger partial charge in [-0.3, -0.25) is 4.99 Å². The minimum absolute atomic E-state index is 0.206. The topological polar surface area (TPSA) is 52.1 Å². The van der Waals surface area contributed by atoms with Gasteiger partial charge in [0, 0.05) is 25.7 Å². The fourth-order valence-electron chi connectivity index (χ4n) is 3.72. The van der Waals surface area contributed by atoms with Crippen molar-refractivity contribution in [1.29, 1.82) is 0 Å². The third-order valence-electron chi connectivity index (χ3n) is 5.34. The van der Waals surface area contributed by atoms with Crippen LogP contribution in [-0.2, 0) is 0 Å². The van der Waals surface area contributed by atoms with Crippen molar-refractivity contribution in [3.05, 3.63) is 29.8 Å². The SMILES string of the molecule is CCCN1CCC(NC(=NCC(c2cccc(OC)c2)N(C)C)NCC)CC1. The molecule has 6 nitrogen and oxygen atoms in total. The van der Waals surface area contributed by atoms with Crippen molar-refractivity contribution in [3.63, 3.8) is 0 Å². The molecule has 1 aliphatic rings. The Balaban J connectivity index is 2.01. The number of ether oxygens (including phenoxy) is 1. The summed E-state index contributed by atoms with van der Waals surface area (Å²) in [5.41, 5.74) is 1.22. The van der Waals surface area contributed by atoms with Crippen molar-refractivity contribution in [1.82, 2.24) is 20.4 Å². The number of aliphatic imine (C=N–C) groups is 1. The van der Waals surface area contributed by atoms with Crippen LogP contribution in [-0.4, -0.2) is 75.7 Å². The summed E-state index contributed by atoms with van der Waals surface area (Å²) >= 11 is 0. The highest BCUT2D eigenvalue weighted by Gasteiger charge is 2.20. The second-order valence-corrected chi connectivity index (χ2v) is 7.74. The largest absolute Gasteiger partial charge is 0.497 e. The van der Waals surface area contributed by atoms with E-state index in [0.717, 1.165) is 18.3 Å². The lowest BCUT2D eigenvalue weighted by Gasteiger charge is -2.33. The summed E-state index contributed by atoms with van der Waals surface area (Å²) < 4.78 is 5.39. The average Bonchev–Trinajstić information content (AvgIpc) is 2.70. The Kier molecular flexibility index (Phi) is 9.58. The molecule has 0 radical (unpaired) electrons. The standard InChI is InChI=1S/C22H39N5O/c1-6-13-27-14-11-19(12-15-27)25-22(23-7-2)24-17-21(26(3)4)18-9-8-10-20(16-18)28-5/h8-10,16,19,21H,6-7,11-15,17H2,1-5H3,(H2,23,24,25). The van der Waals surface area contributed by atoms with Crippen LogP contribution in [0.2, 0.25) is 0 Å². The first-order valence-electron chi connectivity index (χ1n) is 10.6. The van der Waals surface area contributed by atoms with Gasteiger partial charge < -0.3 is 25.2 Å². The lowest BCUT2D eigenvalue weighted by atomic mass is 10.0. The smallest absolute Gasteiger partial charge is 0.191 e. The van der Waals surface area contributed by atoms with Crippen LogP contribution >= 0.6 is 0 Å². The van der Waals surface area contributed by atoms with E-state index in [1.54, 1.807) is 7.11 Å². The number of nitrogens with one attached hydrogen (secondary N) is 2. The van der Waals surface area contributed by atoms with Crippen molar-refractivity contribution in [2.75, 3.05) is 53.9 Å². The first-order chi connectivity index (χ1) is 13.6. The van der Waals surface area contributed by atoms with Crippen LogP contribution in [0, 0.1) is 0 Å². The normalized spacial score (nSPS) is 17.6. The predicted octanol–water partition coefficient (Wildman–Crippen LogP) is 2.73. The van der Waals surface area contributed by atoms with Gasteiger partial charge >= 0.3 is 0 Å². The number of hydrogen-bond acceptors (Lipinski definition) is 4. The first-order valence-corrected chi connectivity index (χ1v) is 10.6. The lowest BCUT2D eigenvalue weighted by molar-refractivity contribution is 0.206. The van der Waals surface area contributed by atoms with Crippen LogP contribution in [0.4, 0.5) is 0 Å². The van der Waals surface area contributed by atoms with E-state index in [9.17, 15) is 0 Å². The number of hydrogen-bond donors (Lipinski definition) is 2. The summed E-state index contributed by atoms with van der Waals surface area (Å²) in [5.74, 6) is 1.81. The number of methoxy groups -OCH3 is 1. The van der Waals surface area contributed by atoms with Crippen molar-refractivity contribution < 1.29 is 4.74 Å². The number of guanidine groups is 1. The molecule has 158 valence electrons. The molecule has 1 saturated heterocycles.